The second-order valence-corrected chi connectivity index (χ2v) is 8.08. The van der Waals surface area contributed by atoms with Gasteiger partial charge in [0.25, 0.3) is 0 Å². The van der Waals surface area contributed by atoms with Gasteiger partial charge in [0.2, 0.25) is 5.91 Å². The number of rotatable bonds is 6. The van der Waals surface area contributed by atoms with Crippen molar-refractivity contribution >= 4 is 11.9 Å². The molecule has 0 aromatic rings. The Bertz CT molecular complexity index is 405. The topological polar surface area (TPSA) is 46.6 Å². The van der Waals surface area contributed by atoms with E-state index >= 15 is 0 Å². The van der Waals surface area contributed by atoms with Crippen LogP contribution in [0.4, 0.5) is 0 Å². The smallest absolute Gasteiger partial charge is 0.328 e. The maximum absolute atomic E-state index is 13.0. The molecule has 0 aromatic heterocycles. The number of esters is 1. The standard InChI is InChI=1S/C19H35NO3/c1-12(2)11-23-19(22)15(6)20(7)18(21)17-10-14(5)8-9-16(17)13(3)4/h12-17H,8-11H2,1-7H3/t14-,15?,16+,17-/m1/s1. The Morgan fingerprint density at radius 1 is 1.13 bits per heavy atom. The Morgan fingerprint density at radius 3 is 2.26 bits per heavy atom. The molecular weight excluding hydrogens is 290 g/mol. The second-order valence-electron chi connectivity index (χ2n) is 8.08. The van der Waals surface area contributed by atoms with Crippen molar-refractivity contribution in [3.63, 3.8) is 0 Å². The van der Waals surface area contributed by atoms with Crippen molar-refractivity contribution in [1.82, 2.24) is 4.90 Å². The average molecular weight is 325 g/mol. The zero-order chi connectivity index (χ0) is 17.7. The lowest BCUT2D eigenvalue weighted by Gasteiger charge is -2.39. The van der Waals surface area contributed by atoms with Crippen LogP contribution in [0.15, 0.2) is 0 Å². The lowest BCUT2D eigenvalue weighted by Crippen LogP contribution is -2.47. The number of ether oxygens (including phenoxy) is 1. The first kappa shape index (κ1) is 20.0. The van der Waals surface area contributed by atoms with E-state index in [9.17, 15) is 9.59 Å². The minimum atomic E-state index is -0.522. The minimum Gasteiger partial charge on any atom is -0.464 e. The van der Waals surface area contributed by atoms with Gasteiger partial charge in [-0.15, -0.1) is 0 Å². The summed E-state index contributed by atoms with van der Waals surface area (Å²) < 4.78 is 5.29. The Balaban J connectivity index is 2.74. The van der Waals surface area contributed by atoms with E-state index in [-0.39, 0.29) is 17.8 Å². The molecule has 0 aliphatic heterocycles. The first-order valence-electron chi connectivity index (χ1n) is 9.08. The van der Waals surface area contributed by atoms with Crippen molar-refractivity contribution in [2.45, 2.75) is 66.8 Å². The molecule has 0 N–H and O–H groups in total. The van der Waals surface area contributed by atoms with Crippen molar-refractivity contribution in [1.29, 1.82) is 0 Å². The van der Waals surface area contributed by atoms with Crippen molar-refractivity contribution < 1.29 is 14.3 Å². The largest absolute Gasteiger partial charge is 0.464 e. The number of carbonyl (C=O) groups excluding carboxylic acids is 2. The first-order chi connectivity index (χ1) is 10.6. The number of hydrogen-bond acceptors (Lipinski definition) is 3. The number of hydrogen-bond donors (Lipinski definition) is 0. The van der Waals surface area contributed by atoms with Gasteiger partial charge in [0.15, 0.2) is 0 Å². The summed E-state index contributed by atoms with van der Waals surface area (Å²) in [5.74, 6) is 1.62. The van der Waals surface area contributed by atoms with Gasteiger partial charge >= 0.3 is 5.97 Å². The van der Waals surface area contributed by atoms with E-state index in [4.69, 9.17) is 4.74 Å². The molecular formula is C19H35NO3. The van der Waals surface area contributed by atoms with Gasteiger partial charge < -0.3 is 9.64 Å². The summed E-state index contributed by atoms with van der Waals surface area (Å²) in [6.45, 7) is 12.8. The monoisotopic (exact) mass is 325 g/mol. The van der Waals surface area contributed by atoms with Gasteiger partial charge in [0.1, 0.15) is 6.04 Å². The lowest BCUT2D eigenvalue weighted by molar-refractivity contribution is -0.157. The van der Waals surface area contributed by atoms with Gasteiger partial charge in [0, 0.05) is 13.0 Å². The van der Waals surface area contributed by atoms with Crippen LogP contribution in [0.1, 0.15) is 60.8 Å². The van der Waals surface area contributed by atoms with Crippen molar-refractivity contribution in [2.24, 2.45) is 29.6 Å². The molecule has 1 rings (SSSR count). The Hall–Kier alpha value is -1.06. The summed E-state index contributed by atoms with van der Waals surface area (Å²) in [5.41, 5.74) is 0. The van der Waals surface area contributed by atoms with Crippen molar-refractivity contribution in [3.8, 4) is 0 Å². The molecule has 1 fully saturated rings. The summed E-state index contributed by atoms with van der Waals surface area (Å²) in [4.78, 5) is 26.7. The van der Waals surface area contributed by atoms with Gasteiger partial charge in [-0.2, -0.15) is 0 Å². The lowest BCUT2D eigenvalue weighted by atomic mass is 9.69. The van der Waals surface area contributed by atoms with E-state index in [1.165, 1.54) is 6.42 Å². The predicted octanol–water partition coefficient (Wildman–Crippen LogP) is 3.74. The summed E-state index contributed by atoms with van der Waals surface area (Å²) in [6, 6.07) is -0.522. The molecule has 134 valence electrons. The quantitative estimate of drug-likeness (QED) is 0.699. The predicted molar refractivity (Wildman–Crippen MR) is 92.9 cm³/mol. The Labute approximate surface area is 141 Å². The highest BCUT2D eigenvalue weighted by Crippen LogP contribution is 2.39. The molecule has 0 heterocycles. The van der Waals surface area contributed by atoms with Gasteiger partial charge in [-0.3, -0.25) is 4.79 Å². The van der Waals surface area contributed by atoms with Crippen LogP contribution in [0.2, 0.25) is 0 Å². The maximum Gasteiger partial charge on any atom is 0.328 e. The third-order valence-electron chi connectivity index (χ3n) is 5.17. The van der Waals surface area contributed by atoms with Gasteiger partial charge in [-0.1, -0.05) is 41.0 Å². The highest BCUT2D eigenvalue weighted by atomic mass is 16.5. The molecule has 1 aliphatic rings. The van der Waals surface area contributed by atoms with E-state index in [1.807, 2.05) is 13.8 Å². The van der Waals surface area contributed by atoms with Crippen LogP contribution < -0.4 is 0 Å². The van der Waals surface area contributed by atoms with Crippen LogP contribution >= 0.6 is 0 Å². The van der Waals surface area contributed by atoms with E-state index < -0.39 is 6.04 Å². The third kappa shape index (κ3) is 5.50. The molecule has 1 saturated carbocycles. The number of amides is 1. The van der Waals surface area contributed by atoms with Gasteiger partial charge in [-0.25, -0.2) is 4.79 Å². The first-order valence-corrected chi connectivity index (χ1v) is 9.08. The summed E-state index contributed by atoms with van der Waals surface area (Å²) in [6.07, 6.45) is 3.23. The zero-order valence-electron chi connectivity index (χ0n) is 16.0. The summed E-state index contributed by atoms with van der Waals surface area (Å²) in [7, 11) is 1.74. The molecule has 0 spiro atoms. The number of likely N-dealkylation sites (N-methyl/N-ethyl adjacent to an activating group) is 1. The van der Waals surface area contributed by atoms with Gasteiger partial charge in [-0.05, 0) is 43.4 Å². The van der Waals surface area contributed by atoms with Gasteiger partial charge in [0.05, 0.1) is 6.61 Å². The number of nitrogens with zero attached hydrogens (tertiary/aromatic N) is 1. The van der Waals surface area contributed by atoms with Crippen LogP contribution in [0.3, 0.4) is 0 Å². The molecule has 1 unspecified atom stereocenters. The fourth-order valence-electron chi connectivity index (χ4n) is 3.47. The van der Waals surface area contributed by atoms with E-state index in [0.717, 1.165) is 12.8 Å². The Kier molecular flexibility index (Phi) is 7.56. The van der Waals surface area contributed by atoms with Crippen molar-refractivity contribution in [2.75, 3.05) is 13.7 Å². The molecule has 4 atom stereocenters. The molecule has 23 heavy (non-hydrogen) atoms. The molecule has 1 aliphatic carbocycles. The number of carbonyl (C=O) groups is 2. The second kappa shape index (κ2) is 8.70. The molecule has 0 aromatic carbocycles. The van der Waals surface area contributed by atoms with E-state index in [0.29, 0.717) is 30.3 Å². The van der Waals surface area contributed by atoms with Crippen LogP contribution in [0.25, 0.3) is 0 Å². The van der Waals surface area contributed by atoms with Crippen LogP contribution in [0.5, 0.6) is 0 Å². The molecule has 4 heteroatoms. The molecule has 0 saturated heterocycles. The SMILES string of the molecule is CC(C)COC(=O)C(C)N(C)C(=O)[C@@H]1C[C@H](C)CC[C@H]1C(C)C. The highest BCUT2D eigenvalue weighted by Gasteiger charge is 2.38. The molecule has 4 nitrogen and oxygen atoms in total. The van der Waals surface area contributed by atoms with Crippen LogP contribution in [-0.2, 0) is 14.3 Å². The Morgan fingerprint density at radius 2 is 1.74 bits per heavy atom. The maximum atomic E-state index is 13.0. The molecule has 0 radical (unpaired) electrons. The zero-order valence-corrected chi connectivity index (χ0v) is 16.0. The summed E-state index contributed by atoms with van der Waals surface area (Å²) >= 11 is 0. The molecule has 1 amide bonds. The van der Waals surface area contributed by atoms with Crippen LogP contribution in [-0.4, -0.2) is 36.5 Å². The normalized spacial score (nSPS) is 26.2. The fourth-order valence-corrected chi connectivity index (χ4v) is 3.47. The van der Waals surface area contributed by atoms with E-state index in [2.05, 4.69) is 20.8 Å². The third-order valence-corrected chi connectivity index (χ3v) is 5.17. The summed E-state index contributed by atoms with van der Waals surface area (Å²) in [5, 5.41) is 0. The van der Waals surface area contributed by atoms with E-state index in [1.54, 1.807) is 18.9 Å². The minimum absolute atomic E-state index is 0.0316. The fraction of sp³-hybridized carbons (Fsp3) is 0.895. The average Bonchev–Trinajstić information content (AvgIpc) is 2.49. The molecule has 0 bridgehead atoms. The van der Waals surface area contributed by atoms with Crippen LogP contribution in [0, 0.1) is 29.6 Å². The highest BCUT2D eigenvalue weighted by molar-refractivity contribution is 5.85. The van der Waals surface area contributed by atoms with Crippen molar-refractivity contribution in [3.05, 3.63) is 0 Å².